The van der Waals surface area contributed by atoms with Crippen LogP contribution < -0.4 is 10.6 Å². The van der Waals surface area contributed by atoms with E-state index in [1.54, 1.807) is 0 Å². The molecule has 6 heteroatoms. The van der Waals surface area contributed by atoms with E-state index in [-0.39, 0.29) is 0 Å². The third-order valence-electron chi connectivity index (χ3n) is 5.25. The maximum absolute atomic E-state index is 4.46. The second kappa shape index (κ2) is 6.91. The van der Waals surface area contributed by atoms with Crippen LogP contribution in [-0.4, -0.2) is 53.4 Å². The van der Waals surface area contributed by atoms with Crippen LogP contribution in [0.15, 0.2) is 4.99 Å². The number of nitrogens with one attached hydrogen (secondary N) is 2. The number of aliphatic imine (C=N–C) groups is 1. The quantitative estimate of drug-likeness (QED) is 0.632. The molecule has 1 saturated carbocycles. The van der Waals surface area contributed by atoms with Crippen molar-refractivity contribution in [1.29, 1.82) is 0 Å². The van der Waals surface area contributed by atoms with Gasteiger partial charge in [0.15, 0.2) is 5.96 Å². The van der Waals surface area contributed by atoms with Crippen molar-refractivity contribution >= 4 is 5.96 Å². The normalized spacial score (nSPS) is 22.6. The van der Waals surface area contributed by atoms with Gasteiger partial charge in [-0.25, -0.2) is 0 Å². The number of aromatic nitrogens is 2. The molecule has 2 N–H and O–H groups in total. The first-order chi connectivity index (χ1) is 11.1. The summed E-state index contributed by atoms with van der Waals surface area (Å²) in [7, 11) is 3.83. The predicted octanol–water partition coefficient (Wildman–Crippen LogP) is 1.19. The van der Waals surface area contributed by atoms with E-state index in [4.69, 9.17) is 0 Å². The number of aryl methyl sites for hydroxylation is 2. The number of guanidine groups is 1. The van der Waals surface area contributed by atoms with Crippen LogP contribution in [0.3, 0.4) is 0 Å². The lowest BCUT2D eigenvalue weighted by Gasteiger charge is -2.17. The zero-order valence-corrected chi connectivity index (χ0v) is 14.9. The van der Waals surface area contributed by atoms with Gasteiger partial charge in [0.1, 0.15) is 0 Å². The smallest absolute Gasteiger partial charge is 0.191 e. The summed E-state index contributed by atoms with van der Waals surface area (Å²) in [6.07, 6.45) is 4.13. The number of hydrogen-bond acceptors (Lipinski definition) is 3. The van der Waals surface area contributed by atoms with Crippen LogP contribution in [0.4, 0.5) is 0 Å². The number of likely N-dealkylation sites (tertiary alicyclic amines) is 1. The molecule has 2 aliphatic rings. The van der Waals surface area contributed by atoms with Crippen LogP contribution >= 0.6 is 0 Å². The zero-order valence-electron chi connectivity index (χ0n) is 14.9. The highest BCUT2D eigenvalue weighted by Crippen LogP contribution is 2.31. The minimum atomic E-state index is 0.746. The molecule has 1 saturated heterocycles. The SMILES string of the molecule is CN=C(NCc1c(C)nn(C)c1C)NCC1CCN(C2CC2)C1. The molecule has 1 atom stereocenters. The molecule has 0 spiro atoms. The summed E-state index contributed by atoms with van der Waals surface area (Å²) in [6.45, 7) is 8.47. The molecule has 1 aromatic rings. The van der Waals surface area contributed by atoms with Crippen molar-refractivity contribution in [2.75, 3.05) is 26.7 Å². The van der Waals surface area contributed by atoms with E-state index < -0.39 is 0 Å². The summed E-state index contributed by atoms with van der Waals surface area (Å²) >= 11 is 0. The van der Waals surface area contributed by atoms with Gasteiger partial charge in [-0.2, -0.15) is 5.10 Å². The molecule has 1 aromatic heterocycles. The third kappa shape index (κ3) is 3.86. The van der Waals surface area contributed by atoms with Crippen LogP contribution in [-0.2, 0) is 13.6 Å². The Balaban J connectivity index is 1.45. The molecule has 0 aromatic carbocycles. The van der Waals surface area contributed by atoms with E-state index in [0.29, 0.717) is 0 Å². The van der Waals surface area contributed by atoms with Gasteiger partial charge < -0.3 is 15.5 Å². The Morgan fingerprint density at radius 3 is 2.65 bits per heavy atom. The topological polar surface area (TPSA) is 57.5 Å². The highest BCUT2D eigenvalue weighted by atomic mass is 15.3. The summed E-state index contributed by atoms with van der Waals surface area (Å²) in [5.41, 5.74) is 3.56. The summed E-state index contributed by atoms with van der Waals surface area (Å²) in [5.74, 6) is 1.63. The van der Waals surface area contributed by atoms with Crippen molar-refractivity contribution in [3.63, 3.8) is 0 Å². The largest absolute Gasteiger partial charge is 0.356 e. The fraction of sp³-hybridized carbons (Fsp3) is 0.765. The Morgan fingerprint density at radius 2 is 2.04 bits per heavy atom. The van der Waals surface area contributed by atoms with Crippen LogP contribution in [0.5, 0.6) is 0 Å². The Kier molecular flexibility index (Phi) is 4.90. The molecule has 0 amide bonds. The van der Waals surface area contributed by atoms with Gasteiger partial charge in [0.25, 0.3) is 0 Å². The molecule has 0 radical (unpaired) electrons. The van der Waals surface area contributed by atoms with Crippen molar-refractivity contribution in [3.8, 4) is 0 Å². The molecular formula is C17H30N6. The first-order valence-electron chi connectivity index (χ1n) is 8.76. The fourth-order valence-electron chi connectivity index (χ4n) is 3.51. The molecule has 1 aliphatic carbocycles. The molecule has 1 aliphatic heterocycles. The minimum Gasteiger partial charge on any atom is -0.356 e. The summed E-state index contributed by atoms with van der Waals surface area (Å²) in [5, 5.41) is 11.4. The van der Waals surface area contributed by atoms with E-state index >= 15 is 0 Å². The first-order valence-corrected chi connectivity index (χ1v) is 8.76. The lowest BCUT2D eigenvalue weighted by atomic mass is 10.1. The molecule has 0 bridgehead atoms. The van der Waals surface area contributed by atoms with Gasteiger partial charge >= 0.3 is 0 Å². The molecule has 2 heterocycles. The predicted molar refractivity (Wildman–Crippen MR) is 93.6 cm³/mol. The maximum Gasteiger partial charge on any atom is 0.191 e. The second-order valence-corrected chi connectivity index (χ2v) is 6.96. The number of hydrogen-bond donors (Lipinski definition) is 2. The van der Waals surface area contributed by atoms with Crippen LogP contribution in [0.25, 0.3) is 0 Å². The first kappa shape index (κ1) is 16.3. The van der Waals surface area contributed by atoms with Gasteiger partial charge in [-0.15, -0.1) is 0 Å². The second-order valence-electron chi connectivity index (χ2n) is 6.96. The lowest BCUT2D eigenvalue weighted by molar-refractivity contribution is 0.314. The van der Waals surface area contributed by atoms with E-state index in [2.05, 4.69) is 39.5 Å². The molecular weight excluding hydrogens is 288 g/mol. The molecule has 2 fully saturated rings. The van der Waals surface area contributed by atoms with Crippen molar-refractivity contribution in [2.24, 2.45) is 18.0 Å². The summed E-state index contributed by atoms with van der Waals surface area (Å²) < 4.78 is 1.94. The molecule has 23 heavy (non-hydrogen) atoms. The van der Waals surface area contributed by atoms with E-state index in [1.807, 2.05) is 18.8 Å². The maximum atomic E-state index is 4.46. The van der Waals surface area contributed by atoms with Gasteiger partial charge in [-0.1, -0.05) is 0 Å². The van der Waals surface area contributed by atoms with Gasteiger partial charge in [0.05, 0.1) is 5.69 Å². The Morgan fingerprint density at radius 1 is 1.26 bits per heavy atom. The van der Waals surface area contributed by atoms with Crippen molar-refractivity contribution < 1.29 is 0 Å². The molecule has 1 unspecified atom stereocenters. The lowest BCUT2D eigenvalue weighted by Crippen LogP contribution is -2.40. The van der Waals surface area contributed by atoms with Crippen molar-refractivity contribution in [1.82, 2.24) is 25.3 Å². The average Bonchev–Trinajstić information content (AvgIpc) is 3.23. The van der Waals surface area contributed by atoms with Gasteiger partial charge in [-0.05, 0) is 45.6 Å². The van der Waals surface area contributed by atoms with E-state index in [9.17, 15) is 0 Å². The minimum absolute atomic E-state index is 0.746. The zero-order chi connectivity index (χ0) is 16.4. The van der Waals surface area contributed by atoms with Crippen LogP contribution in [0.2, 0.25) is 0 Å². The number of rotatable bonds is 5. The highest BCUT2D eigenvalue weighted by Gasteiger charge is 2.34. The fourth-order valence-corrected chi connectivity index (χ4v) is 3.51. The van der Waals surface area contributed by atoms with Crippen molar-refractivity contribution in [2.45, 2.75) is 45.7 Å². The van der Waals surface area contributed by atoms with Gasteiger partial charge in [-0.3, -0.25) is 9.67 Å². The van der Waals surface area contributed by atoms with Crippen LogP contribution in [0.1, 0.15) is 36.2 Å². The third-order valence-corrected chi connectivity index (χ3v) is 5.25. The molecule has 6 nitrogen and oxygen atoms in total. The van der Waals surface area contributed by atoms with Crippen molar-refractivity contribution in [3.05, 3.63) is 17.0 Å². The van der Waals surface area contributed by atoms with E-state index in [0.717, 1.165) is 36.7 Å². The Bertz CT molecular complexity index is 572. The molecule has 128 valence electrons. The van der Waals surface area contributed by atoms with E-state index in [1.165, 1.54) is 43.6 Å². The van der Waals surface area contributed by atoms with Gasteiger partial charge in [0.2, 0.25) is 0 Å². The average molecular weight is 318 g/mol. The monoisotopic (exact) mass is 318 g/mol. The molecule has 3 rings (SSSR count). The summed E-state index contributed by atoms with van der Waals surface area (Å²) in [4.78, 5) is 7.01. The summed E-state index contributed by atoms with van der Waals surface area (Å²) in [6, 6.07) is 0.897. The number of nitrogens with zero attached hydrogens (tertiary/aromatic N) is 4. The highest BCUT2D eigenvalue weighted by molar-refractivity contribution is 5.79. The Hall–Kier alpha value is -1.56. The Labute approximate surface area is 139 Å². The standard InChI is InChI=1S/C17H30N6/c1-12-16(13(2)22(4)21-12)10-20-17(18-3)19-9-14-7-8-23(11-14)15-5-6-15/h14-15H,5-11H2,1-4H3,(H2,18,19,20). The van der Waals surface area contributed by atoms with Gasteiger partial charge in [0, 0.05) is 51.0 Å². The van der Waals surface area contributed by atoms with Crippen LogP contribution in [0, 0.1) is 19.8 Å².